The number of benzene rings is 1. The van der Waals surface area contributed by atoms with E-state index in [0.717, 1.165) is 12.0 Å². The Hall–Kier alpha value is -2.60. The molecule has 3 rings (SSSR count). The third kappa shape index (κ3) is 3.58. The molecule has 0 amide bonds. The van der Waals surface area contributed by atoms with Gasteiger partial charge in [0.15, 0.2) is 5.69 Å². The first kappa shape index (κ1) is 17.2. The molecule has 1 aliphatic rings. The average molecular weight is 339 g/mol. The number of oxazole rings is 1. The average Bonchev–Trinajstić information content (AvgIpc) is 3.05. The standard InChI is InChI=1S/C19H21N3O3/c1-4-12-5-7-13(8-6-12)19-21-16-17(24)14(20-9-10-22(2)3)11-15(23)18(16)25-19/h5-8H,4,9-11H2,1-3H3. The van der Waals surface area contributed by atoms with Crippen LogP contribution in [0.25, 0.3) is 11.5 Å². The van der Waals surface area contributed by atoms with Crippen LogP contribution in [0.2, 0.25) is 0 Å². The fourth-order valence-electron chi connectivity index (χ4n) is 2.63. The second kappa shape index (κ2) is 7.11. The lowest BCUT2D eigenvalue weighted by molar-refractivity contribution is 0.0940. The fourth-order valence-corrected chi connectivity index (χ4v) is 2.63. The van der Waals surface area contributed by atoms with E-state index in [1.807, 2.05) is 43.3 Å². The van der Waals surface area contributed by atoms with E-state index in [-0.39, 0.29) is 35.2 Å². The van der Waals surface area contributed by atoms with Gasteiger partial charge in [0, 0.05) is 12.1 Å². The number of aryl methyl sites for hydroxylation is 1. The first-order chi connectivity index (χ1) is 12.0. The maximum Gasteiger partial charge on any atom is 0.229 e. The molecular formula is C19H21N3O3. The van der Waals surface area contributed by atoms with Crippen molar-refractivity contribution in [3.63, 3.8) is 0 Å². The number of Topliss-reactive ketones (excluding diaryl/α,β-unsaturated/α-hetero) is 2. The number of hydrogen-bond acceptors (Lipinski definition) is 6. The van der Waals surface area contributed by atoms with Crippen molar-refractivity contribution in [3.05, 3.63) is 41.3 Å². The highest BCUT2D eigenvalue weighted by atomic mass is 16.4. The summed E-state index contributed by atoms with van der Waals surface area (Å²) in [6.45, 7) is 3.26. The van der Waals surface area contributed by atoms with Gasteiger partial charge in [0.25, 0.3) is 0 Å². The van der Waals surface area contributed by atoms with Gasteiger partial charge in [-0.3, -0.25) is 14.6 Å². The molecule has 0 radical (unpaired) electrons. The summed E-state index contributed by atoms with van der Waals surface area (Å²) in [5.41, 5.74) is 2.29. The van der Waals surface area contributed by atoms with Crippen LogP contribution in [0.4, 0.5) is 0 Å². The Morgan fingerprint density at radius 3 is 2.56 bits per heavy atom. The van der Waals surface area contributed by atoms with Crippen molar-refractivity contribution >= 4 is 17.3 Å². The Morgan fingerprint density at radius 2 is 1.92 bits per heavy atom. The van der Waals surface area contributed by atoms with Crippen LogP contribution < -0.4 is 0 Å². The van der Waals surface area contributed by atoms with Crippen LogP contribution in [-0.4, -0.2) is 54.3 Å². The van der Waals surface area contributed by atoms with Gasteiger partial charge in [-0.1, -0.05) is 19.1 Å². The number of ketones is 2. The molecule has 1 aromatic heterocycles. The zero-order valence-corrected chi connectivity index (χ0v) is 14.7. The summed E-state index contributed by atoms with van der Waals surface area (Å²) in [5.74, 6) is -0.217. The van der Waals surface area contributed by atoms with Crippen LogP contribution in [-0.2, 0) is 6.42 Å². The third-order valence-electron chi connectivity index (χ3n) is 4.14. The lowest BCUT2D eigenvalue weighted by atomic mass is 9.97. The Morgan fingerprint density at radius 1 is 1.20 bits per heavy atom. The van der Waals surface area contributed by atoms with Crippen molar-refractivity contribution in [3.8, 4) is 11.5 Å². The van der Waals surface area contributed by atoms with Crippen LogP contribution in [0.1, 0.15) is 40.0 Å². The second-order valence-electron chi connectivity index (χ2n) is 6.31. The summed E-state index contributed by atoms with van der Waals surface area (Å²) < 4.78 is 5.59. The van der Waals surface area contributed by atoms with Crippen LogP contribution in [0.5, 0.6) is 0 Å². The number of aliphatic imine (C=N–C) groups is 1. The van der Waals surface area contributed by atoms with E-state index in [9.17, 15) is 9.59 Å². The van der Waals surface area contributed by atoms with Crippen molar-refractivity contribution in [2.75, 3.05) is 27.2 Å². The molecule has 6 heteroatoms. The van der Waals surface area contributed by atoms with Crippen LogP contribution >= 0.6 is 0 Å². The number of hydrogen-bond donors (Lipinski definition) is 0. The van der Waals surface area contributed by atoms with Gasteiger partial charge in [-0.15, -0.1) is 0 Å². The summed E-state index contributed by atoms with van der Waals surface area (Å²) in [5, 5.41) is 0. The van der Waals surface area contributed by atoms with Gasteiger partial charge in [0.05, 0.1) is 18.7 Å². The molecule has 0 saturated carbocycles. The lowest BCUT2D eigenvalue weighted by Gasteiger charge is -2.10. The molecule has 0 bridgehead atoms. The summed E-state index contributed by atoms with van der Waals surface area (Å²) in [6, 6.07) is 7.74. The molecule has 1 heterocycles. The van der Waals surface area contributed by atoms with Gasteiger partial charge in [0.2, 0.25) is 23.2 Å². The molecule has 0 N–H and O–H groups in total. The van der Waals surface area contributed by atoms with E-state index in [1.54, 1.807) is 0 Å². The summed E-state index contributed by atoms with van der Waals surface area (Å²) in [7, 11) is 3.86. The van der Waals surface area contributed by atoms with Crippen molar-refractivity contribution in [2.45, 2.75) is 19.8 Å². The number of fused-ring (bicyclic) bond motifs is 1. The zero-order chi connectivity index (χ0) is 18.0. The number of aromatic nitrogens is 1. The molecule has 0 aliphatic heterocycles. The largest absolute Gasteiger partial charge is 0.432 e. The van der Waals surface area contributed by atoms with Gasteiger partial charge in [0.1, 0.15) is 0 Å². The first-order valence-corrected chi connectivity index (χ1v) is 8.35. The number of rotatable bonds is 5. The predicted octanol–water partition coefficient (Wildman–Crippen LogP) is 2.68. The molecule has 0 spiro atoms. The number of likely N-dealkylation sites (N-methyl/N-ethyl adjacent to an activating group) is 1. The van der Waals surface area contributed by atoms with Crippen molar-refractivity contribution < 1.29 is 14.0 Å². The quantitative estimate of drug-likeness (QED) is 0.837. The number of carbonyl (C=O) groups is 2. The van der Waals surface area contributed by atoms with E-state index < -0.39 is 0 Å². The van der Waals surface area contributed by atoms with Gasteiger partial charge >= 0.3 is 0 Å². The highest BCUT2D eigenvalue weighted by molar-refractivity contribution is 6.52. The molecule has 0 saturated heterocycles. The molecule has 25 heavy (non-hydrogen) atoms. The molecule has 2 aromatic rings. The molecule has 0 atom stereocenters. The molecule has 1 aromatic carbocycles. The Balaban J connectivity index is 1.89. The fraction of sp³-hybridized carbons (Fsp3) is 0.368. The number of nitrogens with zero attached hydrogens (tertiary/aromatic N) is 3. The maximum atomic E-state index is 12.6. The van der Waals surface area contributed by atoms with Crippen molar-refractivity contribution in [1.29, 1.82) is 0 Å². The minimum absolute atomic E-state index is 0.0251. The Bertz CT molecular complexity index is 832. The van der Waals surface area contributed by atoms with Gasteiger partial charge < -0.3 is 9.32 Å². The van der Waals surface area contributed by atoms with E-state index in [2.05, 4.69) is 16.9 Å². The SMILES string of the molecule is CCc1ccc(-c2nc3c(o2)C(=O)CC(=NCCN(C)C)C3=O)cc1. The van der Waals surface area contributed by atoms with Crippen LogP contribution in [0, 0.1) is 0 Å². The predicted molar refractivity (Wildman–Crippen MR) is 95.5 cm³/mol. The minimum Gasteiger partial charge on any atom is -0.432 e. The molecule has 0 fully saturated rings. The minimum atomic E-state index is -0.312. The topological polar surface area (TPSA) is 75.8 Å². The normalized spacial score (nSPS) is 15.9. The van der Waals surface area contributed by atoms with E-state index in [4.69, 9.17) is 4.42 Å². The maximum absolute atomic E-state index is 12.6. The smallest absolute Gasteiger partial charge is 0.229 e. The summed E-state index contributed by atoms with van der Waals surface area (Å²) >= 11 is 0. The van der Waals surface area contributed by atoms with Crippen LogP contribution in [0.15, 0.2) is 33.7 Å². The molecule has 0 unspecified atom stereocenters. The van der Waals surface area contributed by atoms with E-state index in [0.29, 0.717) is 19.0 Å². The van der Waals surface area contributed by atoms with Gasteiger partial charge in [-0.05, 0) is 38.2 Å². The highest BCUT2D eigenvalue weighted by Crippen LogP contribution is 2.27. The molecule has 130 valence electrons. The monoisotopic (exact) mass is 339 g/mol. The third-order valence-corrected chi connectivity index (χ3v) is 4.14. The van der Waals surface area contributed by atoms with Gasteiger partial charge in [-0.2, -0.15) is 0 Å². The summed E-state index contributed by atoms with van der Waals surface area (Å²) in [6.07, 6.45) is 0.911. The molecule has 1 aliphatic carbocycles. The van der Waals surface area contributed by atoms with Crippen molar-refractivity contribution in [2.24, 2.45) is 4.99 Å². The van der Waals surface area contributed by atoms with E-state index >= 15 is 0 Å². The number of carbonyl (C=O) groups excluding carboxylic acids is 2. The first-order valence-electron chi connectivity index (χ1n) is 8.35. The van der Waals surface area contributed by atoms with Crippen molar-refractivity contribution in [1.82, 2.24) is 9.88 Å². The van der Waals surface area contributed by atoms with Gasteiger partial charge in [-0.25, -0.2) is 4.98 Å². The summed E-state index contributed by atoms with van der Waals surface area (Å²) in [4.78, 5) is 35.4. The zero-order valence-electron chi connectivity index (χ0n) is 14.7. The molecule has 6 nitrogen and oxygen atoms in total. The van der Waals surface area contributed by atoms with Crippen LogP contribution in [0.3, 0.4) is 0 Å². The Labute approximate surface area is 146 Å². The lowest BCUT2D eigenvalue weighted by Crippen LogP contribution is -2.27. The highest BCUT2D eigenvalue weighted by Gasteiger charge is 2.35. The second-order valence-corrected chi connectivity index (χ2v) is 6.31. The molecular weight excluding hydrogens is 318 g/mol. The Kier molecular flexibility index (Phi) is 4.90. The van der Waals surface area contributed by atoms with E-state index in [1.165, 1.54) is 5.56 Å².